The second-order valence-electron chi connectivity index (χ2n) is 5.24. The van der Waals surface area contributed by atoms with Crippen molar-refractivity contribution in [2.75, 3.05) is 45.8 Å². The number of carboxylic acid groups (broad SMARTS) is 1. The molecule has 1 rings (SSSR count). The molecule has 0 aromatic carbocycles. The highest BCUT2D eigenvalue weighted by molar-refractivity contribution is 5.74. The van der Waals surface area contributed by atoms with Gasteiger partial charge in [-0.1, -0.05) is 13.8 Å². The number of aliphatic carboxylic acids is 1. The molecule has 1 fully saturated rings. The quantitative estimate of drug-likeness (QED) is 0.766. The zero-order valence-corrected chi connectivity index (χ0v) is 12.7. The maximum Gasteiger partial charge on any atom is 0.320 e. The SMILES string of the molecule is CCCN(CCC)C(=O)N1CCN(CCC(=O)O)CC1. The Hall–Kier alpha value is -1.30. The molecule has 0 spiro atoms. The number of rotatable bonds is 7. The van der Waals surface area contributed by atoms with Crippen molar-refractivity contribution in [3.05, 3.63) is 0 Å². The number of amides is 2. The second-order valence-corrected chi connectivity index (χ2v) is 5.24. The lowest BCUT2D eigenvalue weighted by molar-refractivity contribution is -0.137. The van der Waals surface area contributed by atoms with Gasteiger partial charge in [-0.25, -0.2) is 4.79 Å². The first-order chi connectivity index (χ1) is 9.58. The average Bonchev–Trinajstić information content (AvgIpc) is 2.44. The summed E-state index contributed by atoms with van der Waals surface area (Å²) in [5, 5.41) is 8.68. The number of carbonyl (C=O) groups excluding carboxylic acids is 1. The molecule has 1 heterocycles. The molecule has 0 atom stereocenters. The summed E-state index contributed by atoms with van der Waals surface area (Å²) in [6.07, 6.45) is 2.13. The molecule has 0 saturated carbocycles. The van der Waals surface area contributed by atoms with Gasteiger partial charge in [0.1, 0.15) is 0 Å². The molecule has 0 aliphatic carbocycles. The molecule has 0 bridgehead atoms. The van der Waals surface area contributed by atoms with E-state index in [9.17, 15) is 9.59 Å². The van der Waals surface area contributed by atoms with Gasteiger partial charge in [0, 0.05) is 45.8 Å². The van der Waals surface area contributed by atoms with E-state index in [1.165, 1.54) is 0 Å². The van der Waals surface area contributed by atoms with E-state index in [0.29, 0.717) is 19.6 Å². The van der Waals surface area contributed by atoms with Gasteiger partial charge in [-0.3, -0.25) is 9.69 Å². The molecular formula is C14H27N3O3. The topological polar surface area (TPSA) is 64.1 Å². The summed E-state index contributed by atoms with van der Waals surface area (Å²) in [6.45, 7) is 9.29. The van der Waals surface area contributed by atoms with Crippen LogP contribution in [-0.4, -0.2) is 77.6 Å². The van der Waals surface area contributed by atoms with Crippen LogP contribution in [0, 0.1) is 0 Å². The van der Waals surface area contributed by atoms with Crippen molar-refractivity contribution >= 4 is 12.0 Å². The van der Waals surface area contributed by atoms with Crippen molar-refractivity contribution in [1.29, 1.82) is 0 Å². The first kappa shape index (κ1) is 16.8. The minimum Gasteiger partial charge on any atom is -0.481 e. The molecule has 0 radical (unpaired) electrons. The number of nitrogens with zero attached hydrogens (tertiary/aromatic N) is 3. The summed E-state index contributed by atoms with van der Waals surface area (Å²) in [7, 11) is 0. The fourth-order valence-corrected chi connectivity index (χ4v) is 2.46. The van der Waals surface area contributed by atoms with Crippen LogP contribution in [0.2, 0.25) is 0 Å². The normalized spacial score (nSPS) is 16.2. The molecule has 0 aromatic rings. The van der Waals surface area contributed by atoms with E-state index >= 15 is 0 Å². The van der Waals surface area contributed by atoms with Crippen molar-refractivity contribution in [3.63, 3.8) is 0 Å². The summed E-state index contributed by atoms with van der Waals surface area (Å²) < 4.78 is 0. The molecule has 6 heteroatoms. The van der Waals surface area contributed by atoms with Crippen LogP contribution < -0.4 is 0 Å². The number of carbonyl (C=O) groups is 2. The largest absolute Gasteiger partial charge is 0.481 e. The molecule has 0 aromatic heterocycles. The van der Waals surface area contributed by atoms with E-state index in [1.54, 1.807) is 0 Å². The lowest BCUT2D eigenvalue weighted by atomic mass is 10.3. The fraction of sp³-hybridized carbons (Fsp3) is 0.857. The minimum atomic E-state index is -0.763. The zero-order valence-electron chi connectivity index (χ0n) is 12.7. The Labute approximate surface area is 121 Å². The van der Waals surface area contributed by atoms with Crippen LogP contribution in [0.5, 0.6) is 0 Å². The summed E-state index contributed by atoms with van der Waals surface area (Å²) in [6, 6.07) is 0.131. The molecule has 2 amide bonds. The number of carboxylic acids is 1. The predicted octanol–water partition coefficient (Wildman–Crippen LogP) is 1.32. The Balaban J connectivity index is 2.39. The maximum absolute atomic E-state index is 12.4. The van der Waals surface area contributed by atoms with Crippen molar-refractivity contribution in [3.8, 4) is 0 Å². The van der Waals surface area contributed by atoms with E-state index in [-0.39, 0.29) is 12.5 Å². The van der Waals surface area contributed by atoms with Gasteiger partial charge in [-0.2, -0.15) is 0 Å². The maximum atomic E-state index is 12.4. The first-order valence-corrected chi connectivity index (χ1v) is 7.56. The van der Waals surface area contributed by atoms with Crippen molar-refractivity contribution < 1.29 is 14.7 Å². The highest BCUT2D eigenvalue weighted by atomic mass is 16.4. The van der Waals surface area contributed by atoms with Crippen LogP contribution in [0.1, 0.15) is 33.1 Å². The Bertz CT molecular complexity index is 309. The number of hydrogen-bond donors (Lipinski definition) is 1. The molecule has 20 heavy (non-hydrogen) atoms. The van der Waals surface area contributed by atoms with Crippen LogP contribution >= 0.6 is 0 Å². The van der Waals surface area contributed by atoms with E-state index in [1.807, 2.05) is 9.80 Å². The molecule has 0 unspecified atom stereocenters. The summed E-state index contributed by atoms with van der Waals surface area (Å²) in [4.78, 5) is 28.9. The standard InChI is InChI=1S/C14H27N3O3/c1-3-6-16(7-4-2)14(20)17-11-9-15(10-12-17)8-5-13(18)19/h3-12H2,1-2H3,(H,18,19). The lowest BCUT2D eigenvalue weighted by Gasteiger charge is -2.37. The van der Waals surface area contributed by atoms with E-state index in [0.717, 1.165) is 39.0 Å². The van der Waals surface area contributed by atoms with Gasteiger partial charge in [0.2, 0.25) is 0 Å². The van der Waals surface area contributed by atoms with Crippen LogP contribution in [0.4, 0.5) is 4.79 Å². The molecule has 1 aliphatic rings. The van der Waals surface area contributed by atoms with Crippen molar-refractivity contribution in [2.45, 2.75) is 33.1 Å². The summed E-state index contributed by atoms with van der Waals surface area (Å²) in [5.41, 5.74) is 0. The highest BCUT2D eigenvalue weighted by Gasteiger charge is 2.24. The summed E-state index contributed by atoms with van der Waals surface area (Å²) in [5.74, 6) is -0.763. The molecule has 1 N–H and O–H groups in total. The Kier molecular flexibility index (Phi) is 7.36. The van der Waals surface area contributed by atoms with Gasteiger partial charge in [0.05, 0.1) is 6.42 Å². The number of piperazine rings is 1. The Morgan fingerprint density at radius 3 is 2.05 bits per heavy atom. The second kappa shape index (κ2) is 8.79. The van der Waals surface area contributed by atoms with E-state index < -0.39 is 5.97 Å². The van der Waals surface area contributed by atoms with Gasteiger partial charge < -0.3 is 14.9 Å². The zero-order chi connectivity index (χ0) is 15.0. The van der Waals surface area contributed by atoms with Gasteiger partial charge >= 0.3 is 12.0 Å². The van der Waals surface area contributed by atoms with Gasteiger partial charge in [-0.15, -0.1) is 0 Å². The van der Waals surface area contributed by atoms with Crippen molar-refractivity contribution in [2.24, 2.45) is 0 Å². The van der Waals surface area contributed by atoms with Crippen LogP contribution in [-0.2, 0) is 4.79 Å². The minimum absolute atomic E-state index is 0.131. The lowest BCUT2D eigenvalue weighted by Crippen LogP contribution is -2.53. The van der Waals surface area contributed by atoms with E-state index in [2.05, 4.69) is 18.7 Å². The molecule has 1 saturated heterocycles. The first-order valence-electron chi connectivity index (χ1n) is 7.56. The van der Waals surface area contributed by atoms with Gasteiger partial charge in [0.25, 0.3) is 0 Å². The molecule has 6 nitrogen and oxygen atoms in total. The number of urea groups is 1. The third-order valence-electron chi connectivity index (χ3n) is 3.54. The average molecular weight is 285 g/mol. The fourth-order valence-electron chi connectivity index (χ4n) is 2.46. The molecular weight excluding hydrogens is 258 g/mol. The number of hydrogen-bond acceptors (Lipinski definition) is 3. The van der Waals surface area contributed by atoms with Crippen LogP contribution in [0.25, 0.3) is 0 Å². The Morgan fingerprint density at radius 1 is 1.05 bits per heavy atom. The van der Waals surface area contributed by atoms with Crippen molar-refractivity contribution in [1.82, 2.24) is 14.7 Å². The highest BCUT2D eigenvalue weighted by Crippen LogP contribution is 2.07. The third-order valence-corrected chi connectivity index (χ3v) is 3.54. The smallest absolute Gasteiger partial charge is 0.320 e. The molecule has 116 valence electrons. The molecule has 1 aliphatic heterocycles. The van der Waals surface area contributed by atoms with Crippen LogP contribution in [0.15, 0.2) is 0 Å². The van der Waals surface area contributed by atoms with Crippen LogP contribution in [0.3, 0.4) is 0 Å². The summed E-state index contributed by atoms with van der Waals surface area (Å²) >= 11 is 0. The third kappa shape index (κ3) is 5.36. The van der Waals surface area contributed by atoms with Gasteiger partial charge in [0.15, 0.2) is 0 Å². The predicted molar refractivity (Wildman–Crippen MR) is 77.8 cm³/mol. The van der Waals surface area contributed by atoms with Gasteiger partial charge in [-0.05, 0) is 12.8 Å². The van der Waals surface area contributed by atoms with E-state index in [4.69, 9.17) is 5.11 Å². The Morgan fingerprint density at radius 2 is 1.60 bits per heavy atom. The monoisotopic (exact) mass is 285 g/mol.